The van der Waals surface area contributed by atoms with Crippen LogP contribution in [0.5, 0.6) is 0 Å². The highest BCUT2D eigenvalue weighted by molar-refractivity contribution is 6.33. The minimum absolute atomic E-state index is 0.214. The molecule has 1 aliphatic carbocycles. The molecule has 190 valence electrons. The summed E-state index contributed by atoms with van der Waals surface area (Å²) >= 11 is 6.13. The van der Waals surface area contributed by atoms with Crippen molar-refractivity contribution in [1.29, 1.82) is 0 Å². The van der Waals surface area contributed by atoms with E-state index in [1.54, 1.807) is 12.3 Å². The van der Waals surface area contributed by atoms with Gasteiger partial charge in [0.25, 0.3) is 5.91 Å². The number of H-pyrrole nitrogens is 1. The average molecular weight is 515 g/mol. The summed E-state index contributed by atoms with van der Waals surface area (Å²) in [5.41, 5.74) is 7.32. The number of carbonyl (C=O) groups excluding carboxylic acids is 1. The Kier molecular flexibility index (Phi) is 7.63. The summed E-state index contributed by atoms with van der Waals surface area (Å²) in [4.78, 5) is 32.0. The lowest BCUT2D eigenvalue weighted by molar-refractivity contribution is 0.0951. The van der Waals surface area contributed by atoms with Gasteiger partial charge in [-0.25, -0.2) is 4.98 Å². The zero-order valence-corrected chi connectivity index (χ0v) is 21.9. The Balaban J connectivity index is 1.36. The maximum Gasteiger partial charge on any atom is 0.253 e. The lowest BCUT2D eigenvalue weighted by Crippen LogP contribution is -2.32. The van der Waals surface area contributed by atoms with Crippen LogP contribution in [0, 0.1) is 13.8 Å². The van der Waals surface area contributed by atoms with Crippen molar-refractivity contribution in [2.24, 2.45) is 0 Å². The van der Waals surface area contributed by atoms with Crippen LogP contribution in [-0.2, 0) is 26.1 Å². The molecule has 1 aliphatic rings. The molecule has 8 heteroatoms. The second kappa shape index (κ2) is 11.2. The zero-order valence-electron chi connectivity index (χ0n) is 21.2. The van der Waals surface area contributed by atoms with Crippen molar-refractivity contribution in [1.82, 2.24) is 30.2 Å². The molecule has 5 rings (SSSR count). The number of nitrogens with zero attached hydrogens (tertiary/aromatic N) is 4. The van der Waals surface area contributed by atoms with Crippen molar-refractivity contribution in [2.45, 2.75) is 58.8 Å². The number of hydrogen-bond donors (Lipinski definition) is 2. The Labute approximate surface area is 222 Å². The van der Waals surface area contributed by atoms with Crippen LogP contribution in [0.1, 0.15) is 68.8 Å². The fraction of sp³-hybridized carbons (Fsp3) is 0.310. The number of carbonyl (C=O) groups is 1. The maximum absolute atomic E-state index is 12.6. The summed E-state index contributed by atoms with van der Waals surface area (Å²) in [6.45, 7) is 5.98. The number of rotatable bonds is 8. The minimum Gasteiger partial charge on any atom is -0.348 e. The molecule has 0 saturated carbocycles. The molecule has 7 nitrogen and oxygen atoms in total. The van der Waals surface area contributed by atoms with Gasteiger partial charge in [0, 0.05) is 43.9 Å². The van der Waals surface area contributed by atoms with Gasteiger partial charge in [-0.15, -0.1) is 0 Å². The monoisotopic (exact) mass is 514 g/mol. The van der Waals surface area contributed by atoms with Gasteiger partial charge in [-0.05, 0) is 61.9 Å². The number of benzene rings is 1. The third-order valence-corrected chi connectivity index (χ3v) is 7.21. The number of halogens is 1. The first-order valence-electron chi connectivity index (χ1n) is 12.6. The summed E-state index contributed by atoms with van der Waals surface area (Å²) in [6, 6.07) is 14.5. The molecule has 0 bridgehead atoms. The Morgan fingerprint density at radius 2 is 2.00 bits per heavy atom. The minimum atomic E-state index is -0.214. The maximum atomic E-state index is 12.6. The SMILES string of the molecule is Cc1nc(CN(Cc2cccc(CNC(=O)c3ccncc3Cl)c2)C2CCCc3cccnc32)c(C)[nH]1. The highest BCUT2D eigenvalue weighted by Crippen LogP contribution is 2.35. The summed E-state index contributed by atoms with van der Waals surface area (Å²) in [5, 5.41) is 3.32. The molecule has 1 amide bonds. The second-order valence-electron chi connectivity index (χ2n) is 9.61. The smallest absolute Gasteiger partial charge is 0.253 e. The summed E-state index contributed by atoms with van der Waals surface area (Å²) in [6.07, 6.45) is 8.22. The van der Waals surface area contributed by atoms with Crippen molar-refractivity contribution in [2.75, 3.05) is 0 Å². The molecule has 0 fully saturated rings. The lowest BCUT2D eigenvalue weighted by Gasteiger charge is -2.35. The third-order valence-electron chi connectivity index (χ3n) is 6.91. The van der Waals surface area contributed by atoms with Gasteiger partial charge in [-0.3, -0.25) is 19.7 Å². The van der Waals surface area contributed by atoms with Gasteiger partial charge in [0.2, 0.25) is 0 Å². The highest BCUT2D eigenvalue weighted by Gasteiger charge is 2.28. The first-order valence-corrected chi connectivity index (χ1v) is 13.0. The molecule has 3 aromatic heterocycles. The fourth-order valence-corrected chi connectivity index (χ4v) is 5.34. The van der Waals surface area contributed by atoms with E-state index < -0.39 is 0 Å². The van der Waals surface area contributed by atoms with Crippen LogP contribution in [-0.4, -0.2) is 30.7 Å². The average Bonchev–Trinajstić information content (AvgIpc) is 3.23. The standard InChI is InChI=1S/C29H31ClN6O/c1-19-26(35-20(2)34-19)18-36(27-10-4-8-23-9-5-12-32-28(23)27)17-22-7-3-6-21(14-22)15-33-29(37)24-11-13-31-16-25(24)30/h3,5-7,9,11-14,16,27H,4,8,10,15,17-18H2,1-2H3,(H,33,37)(H,34,35). The first kappa shape index (κ1) is 25.1. The van der Waals surface area contributed by atoms with Gasteiger partial charge >= 0.3 is 0 Å². The molecule has 1 atom stereocenters. The van der Waals surface area contributed by atoms with Crippen LogP contribution < -0.4 is 5.32 Å². The number of aryl methyl sites for hydroxylation is 3. The van der Waals surface area contributed by atoms with Crippen LogP contribution in [0.4, 0.5) is 0 Å². The molecule has 2 N–H and O–H groups in total. The van der Waals surface area contributed by atoms with Gasteiger partial charge in [-0.1, -0.05) is 41.9 Å². The van der Waals surface area contributed by atoms with Crippen molar-refractivity contribution in [3.63, 3.8) is 0 Å². The van der Waals surface area contributed by atoms with E-state index in [9.17, 15) is 4.79 Å². The van der Waals surface area contributed by atoms with Gasteiger partial charge in [0.05, 0.1) is 28.0 Å². The number of aromatic amines is 1. The molecule has 0 aliphatic heterocycles. The quantitative estimate of drug-likeness (QED) is 0.325. The highest BCUT2D eigenvalue weighted by atomic mass is 35.5. The van der Waals surface area contributed by atoms with Crippen molar-refractivity contribution in [3.05, 3.63) is 111 Å². The van der Waals surface area contributed by atoms with E-state index in [0.717, 1.165) is 55.1 Å². The number of hydrogen-bond acceptors (Lipinski definition) is 5. The van der Waals surface area contributed by atoms with Crippen LogP contribution in [0.2, 0.25) is 5.02 Å². The van der Waals surface area contributed by atoms with E-state index in [4.69, 9.17) is 21.6 Å². The van der Waals surface area contributed by atoms with E-state index in [1.165, 1.54) is 23.0 Å². The predicted molar refractivity (Wildman–Crippen MR) is 144 cm³/mol. The van der Waals surface area contributed by atoms with Gasteiger partial charge < -0.3 is 10.3 Å². The second-order valence-corrected chi connectivity index (χ2v) is 10.0. The van der Waals surface area contributed by atoms with Gasteiger partial charge in [0.1, 0.15) is 5.82 Å². The first-order chi connectivity index (χ1) is 18.0. The zero-order chi connectivity index (χ0) is 25.8. The van der Waals surface area contributed by atoms with Crippen LogP contribution in [0.15, 0.2) is 61.1 Å². The van der Waals surface area contributed by atoms with E-state index in [-0.39, 0.29) is 11.9 Å². The van der Waals surface area contributed by atoms with Crippen molar-refractivity contribution < 1.29 is 4.79 Å². The summed E-state index contributed by atoms with van der Waals surface area (Å²) < 4.78 is 0. The Morgan fingerprint density at radius 1 is 1.14 bits per heavy atom. The number of amides is 1. The third kappa shape index (κ3) is 5.89. The van der Waals surface area contributed by atoms with E-state index in [1.807, 2.05) is 31.3 Å². The topological polar surface area (TPSA) is 86.8 Å². The van der Waals surface area contributed by atoms with E-state index in [2.05, 4.69) is 45.3 Å². The number of pyridine rings is 2. The van der Waals surface area contributed by atoms with Gasteiger partial charge in [-0.2, -0.15) is 0 Å². The van der Waals surface area contributed by atoms with E-state index in [0.29, 0.717) is 17.1 Å². The van der Waals surface area contributed by atoms with Crippen LogP contribution in [0.3, 0.4) is 0 Å². The number of aromatic nitrogens is 4. The van der Waals surface area contributed by atoms with E-state index >= 15 is 0 Å². The molecule has 37 heavy (non-hydrogen) atoms. The number of nitrogens with one attached hydrogen (secondary N) is 2. The summed E-state index contributed by atoms with van der Waals surface area (Å²) in [5.74, 6) is 0.718. The number of imidazole rings is 1. The van der Waals surface area contributed by atoms with Crippen molar-refractivity contribution >= 4 is 17.5 Å². The lowest BCUT2D eigenvalue weighted by atomic mass is 9.90. The molecule has 1 unspecified atom stereocenters. The molecule has 0 spiro atoms. The summed E-state index contributed by atoms with van der Waals surface area (Å²) in [7, 11) is 0. The normalized spacial score (nSPS) is 15.0. The molecule has 0 saturated heterocycles. The molecule has 3 heterocycles. The number of fused-ring (bicyclic) bond motifs is 1. The van der Waals surface area contributed by atoms with Gasteiger partial charge in [0.15, 0.2) is 0 Å². The predicted octanol–water partition coefficient (Wildman–Crippen LogP) is 5.48. The van der Waals surface area contributed by atoms with Crippen LogP contribution in [0.25, 0.3) is 0 Å². The molecule has 1 aromatic carbocycles. The molecule has 4 aromatic rings. The van der Waals surface area contributed by atoms with Crippen LogP contribution >= 0.6 is 11.6 Å². The molecule has 0 radical (unpaired) electrons. The molecular formula is C29H31ClN6O. The largest absolute Gasteiger partial charge is 0.348 e. The Morgan fingerprint density at radius 3 is 2.81 bits per heavy atom. The Bertz CT molecular complexity index is 1400. The fourth-order valence-electron chi connectivity index (χ4n) is 5.13. The van der Waals surface area contributed by atoms with Crippen molar-refractivity contribution in [3.8, 4) is 0 Å². The Hall–Kier alpha value is -3.55. The molecular weight excluding hydrogens is 484 g/mol.